The molecule has 2 aromatic heterocycles. The lowest BCUT2D eigenvalue weighted by Crippen LogP contribution is -2.36. The molecular weight excluding hydrogens is 352 g/mol. The molecule has 1 atom stereocenters. The Balaban J connectivity index is 1.57. The molecule has 1 aliphatic carbocycles. The van der Waals surface area contributed by atoms with E-state index in [2.05, 4.69) is 20.4 Å². The Morgan fingerprint density at radius 3 is 2.69 bits per heavy atom. The van der Waals surface area contributed by atoms with Gasteiger partial charge in [0.15, 0.2) is 5.82 Å². The lowest BCUT2D eigenvalue weighted by atomic mass is 9.91. The molecule has 8 heteroatoms. The van der Waals surface area contributed by atoms with Crippen LogP contribution in [0, 0.1) is 5.92 Å². The lowest BCUT2D eigenvalue weighted by molar-refractivity contribution is 0.0468. The second-order valence-corrected chi connectivity index (χ2v) is 8.24. The van der Waals surface area contributed by atoms with Gasteiger partial charge in [-0.25, -0.2) is 4.98 Å². The zero-order valence-electron chi connectivity index (χ0n) is 15.1. The van der Waals surface area contributed by atoms with Gasteiger partial charge in [0, 0.05) is 25.0 Å². The van der Waals surface area contributed by atoms with Crippen LogP contribution >= 0.6 is 11.3 Å². The zero-order chi connectivity index (χ0) is 18.1. The first-order valence-electron chi connectivity index (χ1n) is 9.29. The quantitative estimate of drug-likeness (QED) is 0.831. The minimum absolute atomic E-state index is 0.0878. The highest BCUT2D eigenvalue weighted by Crippen LogP contribution is 2.42. The number of thiazole rings is 1. The second kappa shape index (κ2) is 7.44. The molecule has 2 aliphatic rings. The molecule has 26 heavy (non-hydrogen) atoms. The fourth-order valence-corrected chi connectivity index (χ4v) is 4.10. The first-order chi connectivity index (χ1) is 12.6. The molecule has 1 saturated heterocycles. The van der Waals surface area contributed by atoms with Gasteiger partial charge >= 0.3 is 0 Å². The number of hydrogen-bond donors (Lipinski definition) is 1. The summed E-state index contributed by atoms with van der Waals surface area (Å²) in [4.78, 5) is 22.6. The molecule has 2 fully saturated rings. The Morgan fingerprint density at radius 2 is 2.04 bits per heavy atom. The highest BCUT2D eigenvalue weighted by molar-refractivity contribution is 7.11. The third kappa shape index (κ3) is 3.66. The van der Waals surface area contributed by atoms with Crippen LogP contribution in [0.25, 0.3) is 0 Å². The van der Waals surface area contributed by atoms with E-state index in [4.69, 9.17) is 9.26 Å². The third-order valence-corrected chi connectivity index (χ3v) is 5.87. The maximum atomic E-state index is 13.0. The lowest BCUT2D eigenvalue weighted by Gasteiger charge is -2.28. The summed E-state index contributed by atoms with van der Waals surface area (Å²) < 4.78 is 11.0. The average Bonchev–Trinajstić information content (AvgIpc) is 3.18. The highest BCUT2D eigenvalue weighted by atomic mass is 32.1. The van der Waals surface area contributed by atoms with Crippen LogP contribution in [0.3, 0.4) is 0 Å². The van der Waals surface area contributed by atoms with Gasteiger partial charge in [-0.15, -0.1) is 11.3 Å². The van der Waals surface area contributed by atoms with E-state index in [1.165, 1.54) is 11.3 Å². The fourth-order valence-electron chi connectivity index (χ4n) is 3.32. The Bertz CT molecular complexity index is 762. The average molecular weight is 376 g/mol. The molecule has 4 rings (SSSR count). The standard InChI is InChI=1S/C18H24N4O3S/c1-10(2)16-21-18(25-22-16)14(12-5-7-24-8-6-12)20-17(23)15-13(11-3-4-11)19-9-26-15/h9-12,14H,3-8H2,1-2H3,(H,20,23). The molecule has 140 valence electrons. The molecule has 2 aromatic rings. The van der Waals surface area contributed by atoms with E-state index >= 15 is 0 Å². The van der Waals surface area contributed by atoms with Crippen LogP contribution in [0.15, 0.2) is 10.0 Å². The summed E-state index contributed by atoms with van der Waals surface area (Å²) in [5, 5.41) is 7.24. The molecule has 0 bridgehead atoms. The molecule has 1 N–H and O–H groups in total. The van der Waals surface area contributed by atoms with Crippen LogP contribution < -0.4 is 5.32 Å². The van der Waals surface area contributed by atoms with Crippen LogP contribution in [0.5, 0.6) is 0 Å². The number of amides is 1. The normalized spacial score (nSPS) is 19.7. The van der Waals surface area contributed by atoms with Gasteiger partial charge in [0.05, 0.1) is 11.2 Å². The van der Waals surface area contributed by atoms with Crippen molar-refractivity contribution in [3.63, 3.8) is 0 Å². The van der Waals surface area contributed by atoms with E-state index in [-0.39, 0.29) is 23.8 Å². The molecule has 7 nitrogen and oxygen atoms in total. The van der Waals surface area contributed by atoms with E-state index in [0.717, 1.165) is 31.4 Å². The zero-order valence-corrected chi connectivity index (χ0v) is 15.9. The Morgan fingerprint density at radius 1 is 1.27 bits per heavy atom. The molecule has 1 unspecified atom stereocenters. The van der Waals surface area contributed by atoms with E-state index in [0.29, 0.717) is 35.7 Å². The van der Waals surface area contributed by atoms with Crippen LogP contribution in [0.2, 0.25) is 0 Å². The van der Waals surface area contributed by atoms with Gasteiger partial charge in [0.1, 0.15) is 10.9 Å². The summed E-state index contributed by atoms with van der Waals surface area (Å²) in [5.41, 5.74) is 2.70. The van der Waals surface area contributed by atoms with Gasteiger partial charge < -0.3 is 14.6 Å². The van der Waals surface area contributed by atoms with E-state index < -0.39 is 0 Å². The Kier molecular flexibility index (Phi) is 5.04. The van der Waals surface area contributed by atoms with Crippen molar-refractivity contribution in [2.45, 2.75) is 57.4 Å². The van der Waals surface area contributed by atoms with Crippen molar-refractivity contribution in [3.8, 4) is 0 Å². The minimum Gasteiger partial charge on any atom is -0.381 e. The Labute approximate surface area is 156 Å². The van der Waals surface area contributed by atoms with Gasteiger partial charge in [0.25, 0.3) is 5.91 Å². The first-order valence-corrected chi connectivity index (χ1v) is 10.2. The molecule has 3 heterocycles. The second-order valence-electron chi connectivity index (χ2n) is 7.39. The van der Waals surface area contributed by atoms with Crippen molar-refractivity contribution >= 4 is 17.2 Å². The fraction of sp³-hybridized carbons (Fsp3) is 0.667. The van der Waals surface area contributed by atoms with Crippen LogP contribution in [0.4, 0.5) is 0 Å². The van der Waals surface area contributed by atoms with Gasteiger partial charge in [0.2, 0.25) is 5.89 Å². The predicted octanol–water partition coefficient (Wildman–Crippen LogP) is 3.42. The molecular formula is C18H24N4O3S. The molecule has 0 radical (unpaired) electrons. The SMILES string of the molecule is CC(C)c1noc(C(NC(=O)c2scnc2C2CC2)C2CCOCC2)n1. The number of carbonyl (C=O) groups is 1. The molecule has 1 aliphatic heterocycles. The van der Waals surface area contributed by atoms with Crippen molar-refractivity contribution in [1.82, 2.24) is 20.4 Å². The number of carbonyl (C=O) groups excluding carboxylic acids is 1. The number of rotatable bonds is 6. The summed E-state index contributed by atoms with van der Waals surface area (Å²) in [5.74, 6) is 1.93. The number of ether oxygens (including phenoxy) is 1. The van der Waals surface area contributed by atoms with Gasteiger partial charge in [-0.3, -0.25) is 4.79 Å². The highest BCUT2D eigenvalue weighted by Gasteiger charge is 2.35. The van der Waals surface area contributed by atoms with Gasteiger partial charge in [-0.1, -0.05) is 19.0 Å². The monoisotopic (exact) mass is 376 g/mol. The van der Waals surface area contributed by atoms with Gasteiger partial charge in [-0.2, -0.15) is 4.98 Å². The van der Waals surface area contributed by atoms with E-state index in [1.807, 2.05) is 13.8 Å². The number of aromatic nitrogens is 3. The largest absolute Gasteiger partial charge is 0.381 e. The molecule has 0 aromatic carbocycles. The number of hydrogen-bond acceptors (Lipinski definition) is 7. The summed E-state index contributed by atoms with van der Waals surface area (Å²) in [7, 11) is 0. The summed E-state index contributed by atoms with van der Waals surface area (Å²) in [6.07, 6.45) is 3.97. The number of nitrogens with one attached hydrogen (secondary N) is 1. The van der Waals surface area contributed by atoms with Crippen molar-refractivity contribution in [2.75, 3.05) is 13.2 Å². The minimum atomic E-state index is -0.291. The predicted molar refractivity (Wildman–Crippen MR) is 96.2 cm³/mol. The van der Waals surface area contributed by atoms with Gasteiger partial charge in [-0.05, 0) is 31.6 Å². The van der Waals surface area contributed by atoms with Crippen molar-refractivity contribution in [3.05, 3.63) is 27.8 Å². The smallest absolute Gasteiger partial charge is 0.263 e. The summed E-state index contributed by atoms with van der Waals surface area (Å²) >= 11 is 1.41. The molecule has 1 amide bonds. The maximum Gasteiger partial charge on any atom is 0.263 e. The van der Waals surface area contributed by atoms with Crippen molar-refractivity contribution in [1.29, 1.82) is 0 Å². The van der Waals surface area contributed by atoms with Crippen LogP contribution in [-0.2, 0) is 4.74 Å². The topological polar surface area (TPSA) is 90.1 Å². The molecule has 0 spiro atoms. The number of nitrogens with zero attached hydrogens (tertiary/aromatic N) is 3. The summed E-state index contributed by atoms with van der Waals surface area (Å²) in [6.45, 7) is 5.43. The third-order valence-electron chi connectivity index (χ3n) is 5.03. The van der Waals surface area contributed by atoms with E-state index in [9.17, 15) is 4.79 Å². The first kappa shape index (κ1) is 17.6. The Hall–Kier alpha value is -1.80. The van der Waals surface area contributed by atoms with Crippen LogP contribution in [0.1, 0.15) is 84.5 Å². The van der Waals surface area contributed by atoms with Crippen LogP contribution in [-0.4, -0.2) is 34.2 Å². The van der Waals surface area contributed by atoms with Crippen molar-refractivity contribution in [2.24, 2.45) is 5.92 Å². The maximum absolute atomic E-state index is 13.0. The van der Waals surface area contributed by atoms with Crippen molar-refractivity contribution < 1.29 is 14.1 Å². The summed E-state index contributed by atoms with van der Waals surface area (Å²) in [6, 6.07) is -0.291. The molecule has 1 saturated carbocycles. The van der Waals surface area contributed by atoms with E-state index in [1.54, 1.807) is 5.51 Å².